The fraction of sp³-hybridized carbons (Fsp3) is 1.00. The Morgan fingerprint density at radius 2 is 1.95 bits per heavy atom. The van der Waals surface area contributed by atoms with Crippen molar-refractivity contribution in [3.05, 3.63) is 0 Å². The van der Waals surface area contributed by atoms with Crippen molar-refractivity contribution in [1.82, 2.24) is 5.43 Å². The highest BCUT2D eigenvalue weighted by atomic mass is 16.5. The largest absolute Gasteiger partial charge is 0.385 e. The highest BCUT2D eigenvalue weighted by Gasteiger charge is 2.29. The van der Waals surface area contributed by atoms with E-state index in [0.717, 1.165) is 24.9 Å². The summed E-state index contributed by atoms with van der Waals surface area (Å²) in [7, 11) is 1.77. The van der Waals surface area contributed by atoms with Crippen LogP contribution in [0, 0.1) is 17.8 Å². The summed E-state index contributed by atoms with van der Waals surface area (Å²) in [5, 5.41) is 0. The van der Waals surface area contributed by atoms with Gasteiger partial charge >= 0.3 is 0 Å². The summed E-state index contributed by atoms with van der Waals surface area (Å²) < 4.78 is 5.19. The lowest BCUT2D eigenvalue weighted by atomic mass is 9.74. The van der Waals surface area contributed by atoms with Crippen molar-refractivity contribution in [2.24, 2.45) is 23.6 Å². The van der Waals surface area contributed by atoms with Gasteiger partial charge in [-0.05, 0) is 37.0 Å². The third-order valence-electron chi connectivity index (χ3n) is 4.95. The average molecular weight is 270 g/mol. The van der Waals surface area contributed by atoms with Crippen molar-refractivity contribution in [3.63, 3.8) is 0 Å². The van der Waals surface area contributed by atoms with Gasteiger partial charge in [0.2, 0.25) is 0 Å². The van der Waals surface area contributed by atoms with Crippen LogP contribution in [0.15, 0.2) is 0 Å². The first-order valence-corrected chi connectivity index (χ1v) is 8.17. The Bertz CT molecular complexity index is 215. The van der Waals surface area contributed by atoms with Gasteiger partial charge in [0.05, 0.1) is 0 Å². The van der Waals surface area contributed by atoms with Crippen LogP contribution in [-0.2, 0) is 4.74 Å². The van der Waals surface area contributed by atoms with Crippen molar-refractivity contribution in [2.45, 2.75) is 71.3 Å². The molecular formula is C16H34N2O. The van der Waals surface area contributed by atoms with E-state index < -0.39 is 0 Å². The first-order chi connectivity index (χ1) is 9.22. The Morgan fingerprint density at radius 3 is 2.47 bits per heavy atom. The Balaban J connectivity index is 2.34. The Morgan fingerprint density at radius 1 is 1.26 bits per heavy atom. The number of hydrazine groups is 1. The molecule has 1 saturated carbocycles. The first-order valence-electron chi connectivity index (χ1n) is 8.17. The van der Waals surface area contributed by atoms with Gasteiger partial charge in [-0.2, -0.15) is 0 Å². The zero-order valence-corrected chi connectivity index (χ0v) is 13.2. The van der Waals surface area contributed by atoms with Crippen LogP contribution in [-0.4, -0.2) is 19.8 Å². The molecule has 0 amide bonds. The number of nitrogens with two attached hydrogens (primary N) is 1. The summed E-state index contributed by atoms with van der Waals surface area (Å²) in [4.78, 5) is 0. The molecule has 1 aliphatic rings. The second-order valence-corrected chi connectivity index (χ2v) is 6.37. The summed E-state index contributed by atoms with van der Waals surface area (Å²) in [6.07, 6.45) is 10.8. The lowest BCUT2D eigenvalue weighted by Crippen LogP contribution is -2.46. The van der Waals surface area contributed by atoms with Crippen LogP contribution < -0.4 is 11.3 Å². The average Bonchev–Trinajstić information content (AvgIpc) is 2.45. The third kappa shape index (κ3) is 5.80. The van der Waals surface area contributed by atoms with E-state index in [9.17, 15) is 0 Å². The van der Waals surface area contributed by atoms with Crippen LogP contribution in [0.25, 0.3) is 0 Å². The molecule has 19 heavy (non-hydrogen) atoms. The van der Waals surface area contributed by atoms with Gasteiger partial charge in [-0.1, -0.05) is 46.0 Å². The molecule has 114 valence electrons. The molecule has 0 heterocycles. The fourth-order valence-electron chi connectivity index (χ4n) is 3.58. The standard InChI is InChI=1S/C16H34N2O/c1-4-5-6-14-7-9-15(10-8-14)16(18-17)13(2)11-12-19-3/h13-16,18H,4-12,17H2,1-3H3. The highest BCUT2D eigenvalue weighted by Crippen LogP contribution is 2.35. The Kier molecular flexibility index (Phi) is 8.67. The van der Waals surface area contributed by atoms with E-state index in [2.05, 4.69) is 19.3 Å². The minimum atomic E-state index is 0.460. The highest BCUT2D eigenvalue weighted by molar-refractivity contribution is 4.84. The molecular weight excluding hydrogens is 236 g/mol. The molecule has 0 radical (unpaired) electrons. The molecule has 0 aromatic carbocycles. The zero-order valence-electron chi connectivity index (χ0n) is 13.2. The molecule has 2 unspecified atom stereocenters. The first kappa shape index (κ1) is 16.9. The second kappa shape index (κ2) is 9.73. The monoisotopic (exact) mass is 270 g/mol. The molecule has 0 aromatic heterocycles. The predicted octanol–water partition coefficient (Wildman–Crippen LogP) is 3.49. The summed E-state index contributed by atoms with van der Waals surface area (Å²) in [5.41, 5.74) is 3.08. The molecule has 0 bridgehead atoms. The number of methoxy groups -OCH3 is 1. The minimum Gasteiger partial charge on any atom is -0.385 e. The molecule has 1 fully saturated rings. The van der Waals surface area contributed by atoms with Crippen molar-refractivity contribution >= 4 is 0 Å². The van der Waals surface area contributed by atoms with Crippen LogP contribution in [0.5, 0.6) is 0 Å². The van der Waals surface area contributed by atoms with E-state index in [0.29, 0.717) is 12.0 Å². The molecule has 3 heteroatoms. The number of nitrogens with one attached hydrogen (secondary N) is 1. The van der Waals surface area contributed by atoms with Gasteiger partial charge in [0.25, 0.3) is 0 Å². The molecule has 1 aliphatic carbocycles. The van der Waals surface area contributed by atoms with E-state index in [1.165, 1.54) is 44.9 Å². The third-order valence-corrected chi connectivity index (χ3v) is 4.95. The Labute approximate surface area is 119 Å². The van der Waals surface area contributed by atoms with Gasteiger partial charge in [-0.3, -0.25) is 11.3 Å². The van der Waals surface area contributed by atoms with Gasteiger partial charge in [0.15, 0.2) is 0 Å². The second-order valence-electron chi connectivity index (χ2n) is 6.37. The lowest BCUT2D eigenvalue weighted by molar-refractivity contribution is 0.137. The van der Waals surface area contributed by atoms with Gasteiger partial charge in [-0.25, -0.2) is 0 Å². The van der Waals surface area contributed by atoms with Crippen molar-refractivity contribution in [1.29, 1.82) is 0 Å². The van der Waals surface area contributed by atoms with Crippen LogP contribution in [0.2, 0.25) is 0 Å². The zero-order chi connectivity index (χ0) is 14.1. The van der Waals surface area contributed by atoms with Gasteiger partial charge in [-0.15, -0.1) is 0 Å². The molecule has 1 rings (SSSR count). The van der Waals surface area contributed by atoms with Crippen LogP contribution in [0.4, 0.5) is 0 Å². The van der Waals surface area contributed by atoms with Crippen LogP contribution >= 0.6 is 0 Å². The number of hydrogen-bond donors (Lipinski definition) is 2. The quantitative estimate of drug-likeness (QED) is 0.498. The Hall–Kier alpha value is -0.120. The maximum Gasteiger partial charge on any atom is 0.0465 e. The molecule has 0 aromatic rings. The molecule has 3 N–H and O–H groups in total. The number of unbranched alkanes of at least 4 members (excludes halogenated alkanes) is 1. The SMILES string of the molecule is CCCCC1CCC(C(NN)C(C)CCOC)CC1. The van der Waals surface area contributed by atoms with E-state index in [1.807, 2.05) is 0 Å². The number of ether oxygens (including phenoxy) is 1. The van der Waals surface area contributed by atoms with Crippen LogP contribution in [0.3, 0.4) is 0 Å². The summed E-state index contributed by atoms with van der Waals surface area (Å²) >= 11 is 0. The van der Waals surface area contributed by atoms with Crippen LogP contribution in [0.1, 0.15) is 65.2 Å². The predicted molar refractivity (Wildman–Crippen MR) is 81.7 cm³/mol. The molecule has 3 nitrogen and oxygen atoms in total. The molecule has 0 saturated heterocycles. The van der Waals surface area contributed by atoms with Gasteiger partial charge in [0.1, 0.15) is 0 Å². The molecule has 0 spiro atoms. The van der Waals surface area contributed by atoms with Gasteiger partial charge in [0, 0.05) is 19.8 Å². The van der Waals surface area contributed by atoms with Gasteiger partial charge < -0.3 is 4.74 Å². The number of hydrogen-bond acceptors (Lipinski definition) is 3. The molecule has 2 atom stereocenters. The van der Waals surface area contributed by atoms with E-state index in [-0.39, 0.29) is 0 Å². The van der Waals surface area contributed by atoms with E-state index in [1.54, 1.807) is 7.11 Å². The summed E-state index contributed by atoms with van der Waals surface area (Å²) in [6, 6.07) is 0.460. The topological polar surface area (TPSA) is 47.3 Å². The lowest BCUT2D eigenvalue weighted by Gasteiger charge is -2.36. The van der Waals surface area contributed by atoms with E-state index in [4.69, 9.17) is 10.6 Å². The summed E-state index contributed by atoms with van der Waals surface area (Å²) in [6.45, 7) is 5.43. The maximum atomic E-state index is 5.80. The molecule has 0 aliphatic heterocycles. The van der Waals surface area contributed by atoms with Crippen molar-refractivity contribution in [3.8, 4) is 0 Å². The van der Waals surface area contributed by atoms with Crippen molar-refractivity contribution in [2.75, 3.05) is 13.7 Å². The van der Waals surface area contributed by atoms with Crippen molar-refractivity contribution < 1.29 is 4.74 Å². The summed E-state index contributed by atoms with van der Waals surface area (Å²) in [5.74, 6) is 8.13. The number of rotatable bonds is 9. The maximum absolute atomic E-state index is 5.80. The smallest absolute Gasteiger partial charge is 0.0465 e. The van der Waals surface area contributed by atoms with E-state index >= 15 is 0 Å². The normalized spacial score (nSPS) is 27.2. The minimum absolute atomic E-state index is 0.460. The fourth-order valence-corrected chi connectivity index (χ4v) is 3.58.